The van der Waals surface area contributed by atoms with Gasteiger partial charge in [-0.15, -0.1) is 0 Å². The van der Waals surface area contributed by atoms with Gasteiger partial charge in [0.25, 0.3) is 0 Å². The highest BCUT2D eigenvalue weighted by Gasteiger charge is 2.11. The van der Waals surface area contributed by atoms with Crippen LogP contribution in [0, 0.1) is 0 Å². The summed E-state index contributed by atoms with van der Waals surface area (Å²) in [5.74, 6) is -0.305. The molecule has 0 saturated heterocycles. The summed E-state index contributed by atoms with van der Waals surface area (Å²) in [6.07, 6.45) is 1.15. The molecule has 0 fully saturated rings. The number of halogens is 1. The van der Waals surface area contributed by atoms with Crippen molar-refractivity contribution in [1.82, 2.24) is 9.80 Å². The Bertz CT molecular complexity index is 464. The summed E-state index contributed by atoms with van der Waals surface area (Å²) in [5.41, 5.74) is 1.76. The fourth-order valence-corrected chi connectivity index (χ4v) is 2.62. The lowest BCUT2D eigenvalue weighted by atomic mass is 10.1. The van der Waals surface area contributed by atoms with Crippen LogP contribution in [0.1, 0.15) is 29.3 Å². The first kappa shape index (κ1) is 18.1. The largest absolute Gasteiger partial charge is 0.465 e. The molecule has 118 valence electrons. The predicted molar refractivity (Wildman–Crippen MR) is 89.6 cm³/mol. The van der Waals surface area contributed by atoms with Gasteiger partial charge in [-0.05, 0) is 57.8 Å². The van der Waals surface area contributed by atoms with Crippen molar-refractivity contribution in [2.24, 2.45) is 0 Å². The molecule has 0 atom stereocenters. The number of hydrogen-bond acceptors (Lipinski definition) is 4. The molecule has 5 heteroatoms. The van der Waals surface area contributed by atoms with Crippen molar-refractivity contribution >= 4 is 21.9 Å². The molecule has 4 nitrogen and oxygen atoms in total. The summed E-state index contributed by atoms with van der Waals surface area (Å²) in [7, 11) is 5.59. The predicted octanol–water partition coefficient (Wildman–Crippen LogP) is 3.01. The summed E-state index contributed by atoms with van der Waals surface area (Å²) in [6.45, 7) is 6.23. The van der Waals surface area contributed by atoms with E-state index >= 15 is 0 Å². The topological polar surface area (TPSA) is 32.8 Å². The Balaban J connectivity index is 2.65. The molecule has 0 spiro atoms. The number of hydrogen-bond donors (Lipinski definition) is 0. The summed E-state index contributed by atoms with van der Waals surface area (Å²) in [5, 5.41) is 0. The maximum Gasteiger partial charge on any atom is 0.337 e. The Kier molecular flexibility index (Phi) is 7.93. The first-order valence-electron chi connectivity index (χ1n) is 7.21. The van der Waals surface area contributed by atoms with Crippen molar-refractivity contribution in [3.05, 3.63) is 33.8 Å². The molecule has 0 aliphatic rings. The van der Waals surface area contributed by atoms with Gasteiger partial charge in [0.1, 0.15) is 0 Å². The number of methoxy groups -OCH3 is 1. The highest BCUT2D eigenvalue weighted by Crippen LogP contribution is 2.21. The van der Waals surface area contributed by atoms with E-state index in [9.17, 15) is 4.79 Å². The molecule has 1 aromatic rings. The Labute approximate surface area is 136 Å². The molecule has 0 bridgehead atoms. The minimum Gasteiger partial charge on any atom is -0.465 e. The number of benzene rings is 1. The summed E-state index contributed by atoms with van der Waals surface area (Å²) < 4.78 is 5.69. The third-order valence-corrected chi connectivity index (χ3v) is 4.13. The van der Waals surface area contributed by atoms with Crippen LogP contribution in [0.25, 0.3) is 0 Å². The quantitative estimate of drug-likeness (QED) is 0.670. The molecule has 0 unspecified atom stereocenters. The van der Waals surface area contributed by atoms with Crippen LogP contribution in [0.4, 0.5) is 0 Å². The van der Waals surface area contributed by atoms with Crippen molar-refractivity contribution in [3.8, 4) is 0 Å². The van der Waals surface area contributed by atoms with Crippen molar-refractivity contribution in [3.63, 3.8) is 0 Å². The molecular weight excluding hydrogens is 332 g/mol. The van der Waals surface area contributed by atoms with Crippen LogP contribution >= 0.6 is 15.9 Å². The lowest BCUT2D eigenvalue weighted by Gasteiger charge is -2.22. The molecule has 21 heavy (non-hydrogen) atoms. The van der Waals surface area contributed by atoms with E-state index in [2.05, 4.69) is 46.7 Å². The van der Waals surface area contributed by atoms with E-state index < -0.39 is 0 Å². The van der Waals surface area contributed by atoms with Gasteiger partial charge in [-0.25, -0.2) is 4.79 Å². The van der Waals surface area contributed by atoms with Gasteiger partial charge in [0.15, 0.2) is 0 Å². The number of carbonyl (C=O) groups excluding carboxylic acids is 1. The molecule has 0 radical (unpaired) electrons. The number of nitrogens with zero attached hydrogens (tertiary/aromatic N) is 2. The summed E-state index contributed by atoms with van der Waals surface area (Å²) >= 11 is 3.55. The van der Waals surface area contributed by atoms with Gasteiger partial charge in [-0.1, -0.05) is 28.9 Å². The van der Waals surface area contributed by atoms with Crippen molar-refractivity contribution in [2.45, 2.75) is 19.9 Å². The molecular formula is C16H25BrN2O2. The van der Waals surface area contributed by atoms with E-state index in [1.165, 1.54) is 12.7 Å². The zero-order valence-corrected chi connectivity index (χ0v) is 14.9. The van der Waals surface area contributed by atoms with Crippen molar-refractivity contribution in [1.29, 1.82) is 0 Å². The van der Waals surface area contributed by atoms with E-state index in [-0.39, 0.29) is 5.97 Å². The van der Waals surface area contributed by atoms with Crippen LogP contribution < -0.4 is 0 Å². The first-order valence-corrected chi connectivity index (χ1v) is 8.01. The molecule has 0 heterocycles. The second-order valence-corrected chi connectivity index (χ2v) is 6.18. The SMILES string of the molecule is CCN(CCCN(C)C)Cc1ccc(C(=O)OC)cc1Br. The Hall–Kier alpha value is -0.910. The van der Waals surface area contributed by atoms with Gasteiger partial charge >= 0.3 is 5.97 Å². The highest BCUT2D eigenvalue weighted by atomic mass is 79.9. The van der Waals surface area contributed by atoms with E-state index in [1.807, 2.05) is 18.2 Å². The molecule has 1 aromatic carbocycles. The normalized spacial score (nSPS) is 11.2. The van der Waals surface area contributed by atoms with Crippen LogP contribution in [-0.2, 0) is 11.3 Å². The van der Waals surface area contributed by atoms with Crippen molar-refractivity contribution < 1.29 is 9.53 Å². The average Bonchev–Trinajstić information content (AvgIpc) is 2.46. The maximum atomic E-state index is 11.5. The number of carbonyl (C=O) groups is 1. The Morgan fingerprint density at radius 3 is 2.52 bits per heavy atom. The molecule has 0 aliphatic heterocycles. The van der Waals surface area contributed by atoms with E-state index in [1.54, 1.807) is 0 Å². The third-order valence-electron chi connectivity index (χ3n) is 3.39. The zero-order valence-electron chi connectivity index (χ0n) is 13.4. The average molecular weight is 357 g/mol. The first-order chi connectivity index (χ1) is 9.97. The van der Waals surface area contributed by atoms with E-state index in [0.717, 1.165) is 37.1 Å². The third kappa shape index (κ3) is 6.16. The van der Waals surface area contributed by atoms with Crippen LogP contribution in [0.15, 0.2) is 22.7 Å². The molecule has 0 N–H and O–H groups in total. The molecule has 0 amide bonds. The molecule has 0 aromatic heterocycles. The van der Waals surface area contributed by atoms with Gasteiger partial charge in [0.2, 0.25) is 0 Å². The monoisotopic (exact) mass is 356 g/mol. The molecule has 1 rings (SSSR count). The number of ether oxygens (including phenoxy) is 1. The van der Waals surface area contributed by atoms with Gasteiger partial charge < -0.3 is 9.64 Å². The van der Waals surface area contributed by atoms with E-state index in [4.69, 9.17) is 4.74 Å². The van der Waals surface area contributed by atoms with Gasteiger partial charge in [0.05, 0.1) is 12.7 Å². The fraction of sp³-hybridized carbons (Fsp3) is 0.562. The fourth-order valence-electron chi connectivity index (χ4n) is 2.12. The number of rotatable bonds is 8. The lowest BCUT2D eigenvalue weighted by Crippen LogP contribution is -2.27. The number of esters is 1. The van der Waals surface area contributed by atoms with Crippen molar-refractivity contribution in [2.75, 3.05) is 40.8 Å². The Morgan fingerprint density at radius 1 is 1.29 bits per heavy atom. The van der Waals surface area contributed by atoms with Gasteiger partial charge in [-0.3, -0.25) is 4.90 Å². The minimum atomic E-state index is -0.305. The molecule has 0 aliphatic carbocycles. The summed E-state index contributed by atoms with van der Waals surface area (Å²) in [6, 6.07) is 5.64. The zero-order chi connectivity index (χ0) is 15.8. The smallest absolute Gasteiger partial charge is 0.337 e. The Morgan fingerprint density at radius 2 is 2.00 bits per heavy atom. The van der Waals surface area contributed by atoms with E-state index in [0.29, 0.717) is 5.56 Å². The second-order valence-electron chi connectivity index (χ2n) is 5.32. The standard InChI is InChI=1S/C16H25BrN2O2/c1-5-19(10-6-9-18(2)3)12-14-8-7-13(11-15(14)17)16(20)21-4/h7-8,11H,5-6,9-10,12H2,1-4H3. The molecule has 0 saturated carbocycles. The minimum absolute atomic E-state index is 0.305. The lowest BCUT2D eigenvalue weighted by molar-refractivity contribution is 0.0600. The second kappa shape index (κ2) is 9.18. The summed E-state index contributed by atoms with van der Waals surface area (Å²) in [4.78, 5) is 16.1. The van der Waals surface area contributed by atoms with Crippen LogP contribution in [0.5, 0.6) is 0 Å². The van der Waals surface area contributed by atoms with Gasteiger partial charge in [-0.2, -0.15) is 0 Å². The highest BCUT2D eigenvalue weighted by molar-refractivity contribution is 9.10. The van der Waals surface area contributed by atoms with Crippen LogP contribution in [0.2, 0.25) is 0 Å². The maximum absolute atomic E-state index is 11.5. The van der Waals surface area contributed by atoms with Crippen LogP contribution in [0.3, 0.4) is 0 Å². The van der Waals surface area contributed by atoms with Gasteiger partial charge in [0, 0.05) is 11.0 Å². The van der Waals surface area contributed by atoms with Crippen LogP contribution in [-0.4, -0.2) is 56.6 Å².